The third-order valence-corrected chi connectivity index (χ3v) is 3.24. The Balaban J connectivity index is 0.00000200. The summed E-state index contributed by atoms with van der Waals surface area (Å²) in [6.45, 7) is 6.43. The van der Waals surface area contributed by atoms with Crippen molar-refractivity contribution in [3.63, 3.8) is 0 Å². The van der Waals surface area contributed by atoms with Crippen LogP contribution in [0.4, 0.5) is 0 Å². The minimum Gasteiger partial charge on any atom is -0.378 e. The molecule has 1 aliphatic rings. The first-order chi connectivity index (χ1) is 9.08. The fourth-order valence-corrected chi connectivity index (χ4v) is 1.99. The Labute approximate surface area is 144 Å². The molecule has 0 atom stereocenters. The van der Waals surface area contributed by atoms with E-state index in [9.17, 15) is 9.59 Å². The van der Waals surface area contributed by atoms with Crippen molar-refractivity contribution in [3.8, 4) is 0 Å². The molecular weight excluding hydrogens is 333 g/mol. The summed E-state index contributed by atoms with van der Waals surface area (Å²) in [6, 6.07) is 4.61. The maximum atomic E-state index is 12.0. The van der Waals surface area contributed by atoms with Gasteiger partial charge in [-0.05, 0) is 0 Å². The Morgan fingerprint density at radius 3 is 2.60 bits per heavy atom. The van der Waals surface area contributed by atoms with Gasteiger partial charge in [-0.2, -0.15) is 0 Å². The monoisotopic (exact) mass is 352 g/mol. The second-order valence-electron chi connectivity index (χ2n) is 4.99. The van der Waals surface area contributed by atoms with E-state index in [1.807, 2.05) is 13.8 Å². The van der Waals surface area contributed by atoms with Crippen LogP contribution in [0.2, 0.25) is 0 Å². The standard InChI is InChI=1S/C14H19N2O3.Y/c1-11(2)12-3-4-16(13(17)9-12)10-14(18)15-5-7-19-8-6-15;/h4,9,11H,5-8,10H2,1-2H3;/q-1;. The third-order valence-electron chi connectivity index (χ3n) is 3.24. The summed E-state index contributed by atoms with van der Waals surface area (Å²) in [7, 11) is 0. The first-order valence-corrected chi connectivity index (χ1v) is 6.55. The molecule has 0 N–H and O–H groups in total. The Kier molecular flexibility index (Phi) is 7.06. The molecule has 2 heterocycles. The molecule has 0 aliphatic carbocycles. The summed E-state index contributed by atoms with van der Waals surface area (Å²) in [6.07, 6.45) is 1.58. The average Bonchev–Trinajstić information content (AvgIpc) is 2.41. The smallest absolute Gasteiger partial charge is 0.242 e. The predicted molar refractivity (Wildman–Crippen MR) is 71.0 cm³/mol. The summed E-state index contributed by atoms with van der Waals surface area (Å²) < 4.78 is 6.60. The van der Waals surface area contributed by atoms with Gasteiger partial charge in [0, 0.05) is 45.8 Å². The fourth-order valence-electron chi connectivity index (χ4n) is 1.99. The van der Waals surface area contributed by atoms with Crippen molar-refractivity contribution in [3.05, 3.63) is 34.2 Å². The summed E-state index contributed by atoms with van der Waals surface area (Å²) in [5, 5.41) is 0. The molecule has 6 heteroatoms. The number of nitrogens with zero attached hydrogens (tertiary/aromatic N) is 2. The van der Waals surface area contributed by atoms with Crippen molar-refractivity contribution in [1.29, 1.82) is 0 Å². The molecule has 1 amide bonds. The first-order valence-electron chi connectivity index (χ1n) is 6.55. The Morgan fingerprint density at radius 2 is 2.05 bits per heavy atom. The molecule has 0 bridgehead atoms. The van der Waals surface area contributed by atoms with Crippen LogP contribution in [0.3, 0.4) is 0 Å². The van der Waals surface area contributed by atoms with Crippen LogP contribution in [0.5, 0.6) is 0 Å². The first kappa shape index (κ1) is 17.5. The number of carbonyl (C=O) groups excluding carboxylic acids is 1. The Bertz CT molecular complexity index is 507. The van der Waals surface area contributed by atoms with Gasteiger partial charge in [0.15, 0.2) is 5.56 Å². The van der Waals surface area contributed by atoms with Crippen LogP contribution in [-0.4, -0.2) is 41.7 Å². The van der Waals surface area contributed by atoms with Crippen molar-refractivity contribution in [1.82, 2.24) is 9.47 Å². The molecule has 2 rings (SSSR count). The Morgan fingerprint density at radius 1 is 1.40 bits per heavy atom. The van der Waals surface area contributed by atoms with Crippen LogP contribution in [0.1, 0.15) is 25.3 Å². The second-order valence-corrected chi connectivity index (χ2v) is 4.99. The van der Waals surface area contributed by atoms with Crippen molar-refractivity contribution in [2.75, 3.05) is 26.3 Å². The quantitative estimate of drug-likeness (QED) is 0.750. The van der Waals surface area contributed by atoms with Crippen molar-refractivity contribution in [2.24, 2.45) is 0 Å². The van der Waals surface area contributed by atoms with Gasteiger partial charge in [0.1, 0.15) is 6.54 Å². The van der Waals surface area contributed by atoms with Crippen LogP contribution >= 0.6 is 0 Å². The average molecular weight is 352 g/mol. The van der Waals surface area contributed by atoms with Gasteiger partial charge in [-0.3, -0.25) is 9.59 Å². The summed E-state index contributed by atoms with van der Waals surface area (Å²) in [5.41, 5.74) is 0.726. The molecule has 1 aromatic heterocycles. The number of pyridine rings is 1. The number of rotatable bonds is 3. The SMILES string of the molecule is CC(C)c1[c-]cn(CC(=O)N2CCOCC2)c(=O)c1.[Y]. The van der Waals surface area contributed by atoms with Crippen LogP contribution in [0.15, 0.2) is 17.1 Å². The largest absolute Gasteiger partial charge is 0.378 e. The molecule has 0 spiro atoms. The number of hydrogen-bond acceptors (Lipinski definition) is 3. The van der Waals surface area contributed by atoms with E-state index in [2.05, 4.69) is 6.07 Å². The molecular formula is C14H19N2O3Y-. The molecule has 0 aromatic carbocycles. The molecule has 1 aliphatic heterocycles. The van der Waals surface area contributed by atoms with E-state index in [4.69, 9.17) is 4.74 Å². The van der Waals surface area contributed by atoms with E-state index < -0.39 is 0 Å². The van der Waals surface area contributed by atoms with Crippen molar-refractivity contribution in [2.45, 2.75) is 26.3 Å². The normalized spacial score (nSPS) is 15.1. The van der Waals surface area contributed by atoms with Gasteiger partial charge in [-0.1, -0.05) is 26.0 Å². The van der Waals surface area contributed by atoms with Gasteiger partial charge in [0.25, 0.3) is 0 Å². The van der Waals surface area contributed by atoms with Crippen LogP contribution in [0.25, 0.3) is 0 Å². The molecule has 0 unspecified atom stereocenters. The molecule has 1 saturated heterocycles. The number of aromatic nitrogens is 1. The minimum absolute atomic E-state index is 0. The van der Waals surface area contributed by atoms with E-state index in [0.717, 1.165) is 5.56 Å². The van der Waals surface area contributed by atoms with Gasteiger partial charge >= 0.3 is 0 Å². The van der Waals surface area contributed by atoms with E-state index in [0.29, 0.717) is 26.3 Å². The van der Waals surface area contributed by atoms with E-state index in [1.165, 1.54) is 4.57 Å². The molecule has 1 aromatic rings. The van der Waals surface area contributed by atoms with E-state index in [-0.39, 0.29) is 56.6 Å². The van der Waals surface area contributed by atoms with Crippen molar-refractivity contribution < 1.29 is 42.2 Å². The van der Waals surface area contributed by atoms with Gasteiger partial charge in [-0.25, -0.2) is 11.6 Å². The number of morpholine rings is 1. The molecule has 20 heavy (non-hydrogen) atoms. The third kappa shape index (κ3) is 4.50. The zero-order chi connectivity index (χ0) is 13.8. The van der Waals surface area contributed by atoms with Gasteiger partial charge < -0.3 is 14.2 Å². The van der Waals surface area contributed by atoms with Crippen LogP contribution in [0, 0.1) is 6.07 Å². The number of ether oxygens (including phenoxy) is 1. The zero-order valence-electron chi connectivity index (χ0n) is 12.0. The van der Waals surface area contributed by atoms with Crippen LogP contribution in [-0.2, 0) is 48.8 Å². The van der Waals surface area contributed by atoms with Crippen molar-refractivity contribution >= 4 is 5.91 Å². The predicted octanol–water partition coefficient (Wildman–Crippen LogP) is 0.628. The van der Waals surface area contributed by atoms with Gasteiger partial charge in [0.2, 0.25) is 5.91 Å². The summed E-state index contributed by atoms with van der Waals surface area (Å²) in [5.74, 6) is 0.216. The molecule has 0 saturated carbocycles. The number of carbonyl (C=O) groups is 1. The molecule has 107 valence electrons. The van der Waals surface area contributed by atoms with Crippen LogP contribution < -0.4 is 5.56 Å². The Hall–Kier alpha value is -0.516. The topological polar surface area (TPSA) is 51.5 Å². The fraction of sp³-hybridized carbons (Fsp3) is 0.571. The maximum absolute atomic E-state index is 12.0. The summed E-state index contributed by atoms with van der Waals surface area (Å²) in [4.78, 5) is 25.7. The maximum Gasteiger partial charge on any atom is 0.242 e. The molecule has 1 fully saturated rings. The van der Waals surface area contributed by atoms with Gasteiger partial charge in [-0.15, -0.1) is 6.07 Å². The minimum atomic E-state index is -0.149. The summed E-state index contributed by atoms with van der Waals surface area (Å²) >= 11 is 0. The molecule has 5 nitrogen and oxygen atoms in total. The zero-order valence-corrected chi connectivity index (χ0v) is 14.8. The second kappa shape index (κ2) is 8.06. The van der Waals surface area contributed by atoms with E-state index >= 15 is 0 Å². The van der Waals surface area contributed by atoms with Gasteiger partial charge in [0.05, 0.1) is 13.2 Å². The van der Waals surface area contributed by atoms with E-state index in [1.54, 1.807) is 17.2 Å². The number of amides is 1. The number of hydrogen-bond donors (Lipinski definition) is 0. The molecule has 1 radical (unpaired) electrons.